The zero-order chi connectivity index (χ0) is 21.3. The van der Waals surface area contributed by atoms with Crippen LogP contribution in [0.3, 0.4) is 0 Å². The van der Waals surface area contributed by atoms with Crippen molar-refractivity contribution in [1.82, 2.24) is 14.7 Å². The van der Waals surface area contributed by atoms with Crippen LogP contribution < -0.4 is 0 Å². The number of rotatable bonds is 5. The number of likely N-dealkylation sites (tertiary alicyclic amines) is 2. The molecule has 1 aromatic rings. The van der Waals surface area contributed by atoms with Gasteiger partial charge in [0.2, 0.25) is 11.8 Å². The molecule has 0 spiro atoms. The first kappa shape index (κ1) is 24.1. The largest absolute Gasteiger partial charge is 0.343 e. The van der Waals surface area contributed by atoms with Crippen molar-refractivity contribution in [3.05, 3.63) is 35.4 Å². The highest BCUT2D eigenvalue weighted by Gasteiger charge is 2.47. The molecule has 172 valence electrons. The number of carbonyl (C=O) groups excluding carboxylic acids is 2. The summed E-state index contributed by atoms with van der Waals surface area (Å²) in [4.78, 5) is 31.9. The topological polar surface area (TPSA) is 43.9 Å². The van der Waals surface area contributed by atoms with Gasteiger partial charge in [0.1, 0.15) is 0 Å². The summed E-state index contributed by atoms with van der Waals surface area (Å²) in [5.41, 5.74) is 2.72. The summed E-state index contributed by atoms with van der Waals surface area (Å²) in [5.74, 6) is 1.30. The van der Waals surface area contributed by atoms with E-state index in [-0.39, 0.29) is 24.2 Å². The van der Waals surface area contributed by atoms with Gasteiger partial charge in [-0.15, -0.1) is 12.4 Å². The van der Waals surface area contributed by atoms with Gasteiger partial charge in [0.05, 0.1) is 0 Å². The molecule has 0 aromatic heterocycles. The fourth-order valence-electron chi connectivity index (χ4n) is 6.07. The van der Waals surface area contributed by atoms with Gasteiger partial charge in [-0.25, -0.2) is 0 Å². The van der Waals surface area contributed by atoms with Crippen molar-refractivity contribution in [2.24, 2.45) is 11.8 Å². The van der Waals surface area contributed by atoms with Gasteiger partial charge in [-0.3, -0.25) is 14.5 Å². The van der Waals surface area contributed by atoms with Crippen LogP contribution in [-0.4, -0.2) is 66.3 Å². The van der Waals surface area contributed by atoms with Crippen LogP contribution in [0.4, 0.5) is 0 Å². The summed E-state index contributed by atoms with van der Waals surface area (Å²) in [6.45, 7) is 4.88. The molecule has 1 saturated carbocycles. The number of benzene rings is 1. The minimum atomic E-state index is 0. The molecule has 5 nitrogen and oxygen atoms in total. The van der Waals surface area contributed by atoms with Gasteiger partial charge in [-0.05, 0) is 43.9 Å². The summed E-state index contributed by atoms with van der Waals surface area (Å²) < 4.78 is 0. The highest BCUT2D eigenvalue weighted by molar-refractivity contribution is 5.85. The van der Waals surface area contributed by atoms with E-state index in [0.717, 1.165) is 32.5 Å². The predicted molar refractivity (Wildman–Crippen MR) is 126 cm³/mol. The summed E-state index contributed by atoms with van der Waals surface area (Å²) >= 11 is 0. The van der Waals surface area contributed by atoms with E-state index in [2.05, 4.69) is 43.1 Å². The van der Waals surface area contributed by atoms with Gasteiger partial charge in [0.15, 0.2) is 0 Å². The molecule has 2 aliphatic heterocycles. The molecule has 1 aliphatic carbocycles. The number of hydrogen-bond donors (Lipinski definition) is 0. The van der Waals surface area contributed by atoms with E-state index in [1.807, 2.05) is 16.8 Å². The first-order valence-corrected chi connectivity index (χ1v) is 11.7. The average Bonchev–Trinajstić information content (AvgIpc) is 3.29. The Bertz CT molecular complexity index is 780. The molecule has 2 heterocycles. The van der Waals surface area contributed by atoms with Gasteiger partial charge in [-0.2, -0.15) is 0 Å². The third-order valence-corrected chi connectivity index (χ3v) is 7.82. The fraction of sp³-hybridized carbons (Fsp3) is 0.680. The third-order valence-electron chi connectivity index (χ3n) is 7.82. The van der Waals surface area contributed by atoms with E-state index in [0.29, 0.717) is 36.8 Å². The lowest BCUT2D eigenvalue weighted by molar-refractivity contribution is -0.137. The van der Waals surface area contributed by atoms with Crippen LogP contribution in [0, 0.1) is 18.8 Å². The van der Waals surface area contributed by atoms with Crippen LogP contribution in [-0.2, 0) is 9.59 Å². The fourth-order valence-corrected chi connectivity index (χ4v) is 6.07. The van der Waals surface area contributed by atoms with Crippen LogP contribution >= 0.6 is 12.4 Å². The van der Waals surface area contributed by atoms with E-state index in [1.165, 1.54) is 30.4 Å². The third kappa shape index (κ3) is 5.09. The Balaban J connectivity index is 0.00000272. The minimum Gasteiger partial charge on any atom is -0.343 e. The van der Waals surface area contributed by atoms with Crippen LogP contribution in [0.5, 0.6) is 0 Å². The number of hydrogen-bond acceptors (Lipinski definition) is 3. The molecule has 6 heteroatoms. The van der Waals surface area contributed by atoms with Crippen molar-refractivity contribution in [3.8, 4) is 0 Å². The van der Waals surface area contributed by atoms with Crippen molar-refractivity contribution >= 4 is 24.2 Å². The molecular weight excluding hydrogens is 410 g/mol. The normalized spacial score (nSPS) is 26.4. The number of nitrogens with zero attached hydrogens (tertiary/aromatic N) is 3. The highest BCUT2D eigenvalue weighted by atomic mass is 35.5. The second kappa shape index (κ2) is 10.4. The van der Waals surface area contributed by atoms with Crippen LogP contribution in [0.25, 0.3) is 0 Å². The molecule has 2 saturated heterocycles. The Kier molecular flexibility index (Phi) is 8.03. The molecule has 4 rings (SSSR count). The standard InChI is InChI=1S/C25H37N3O2.ClH/c1-18-9-7-8-12-21(18)25-22-17-28(16-19(22)15-26(25)2)24(30)14-13-23(29)27(3)20-10-5-4-6-11-20;/h7-9,12,19-20,22,25H,4-6,10-11,13-17H2,1-3H3;1H/t19-,22+,25+;/m0./s1. The Morgan fingerprint density at radius 1 is 1.03 bits per heavy atom. The molecule has 2 amide bonds. The number of fused-ring (bicyclic) bond motifs is 1. The maximum absolute atomic E-state index is 12.9. The number of amides is 2. The minimum absolute atomic E-state index is 0. The van der Waals surface area contributed by atoms with Crippen molar-refractivity contribution in [3.63, 3.8) is 0 Å². The molecule has 31 heavy (non-hydrogen) atoms. The molecular formula is C25H38ClN3O2. The maximum Gasteiger partial charge on any atom is 0.223 e. The second-order valence-electron chi connectivity index (χ2n) is 9.76. The molecule has 1 aromatic carbocycles. The van der Waals surface area contributed by atoms with Gasteiger partial charge >= 0.3 is 0 Å². The van der Waals surface area contributed by atoms with Gasteiger partial charge in [0.25, 0.3) is 0 Å². The van der Waals surface area contributed by atoms with Crippen LogP contribution in [0.15, 0.2) is 24.3 Å². The number of carbonyl (C=O) groups is 2. The first-order chi connectivity index (χ1) is 14.5. The first-order valence-electron chi connectivity index (χ1n) is 11.7. The lowest BCUT2D eigenvalue weighted by Crippen LogP contribution is -2.39. The molecule has 0 unspecified atom stereocenters. The van der Waals surface area contributed by atoms with Crippen molar-refractivity contribution in [2.45, 2.75) is 64.0 Å². The van der Waals surface area contributed by atoms with E-state index in [4.69, 9.17) is 0 Å². The van der Waals surface area contributed by atoms with Crippen molar-refractivity contribution < 1.29 is 9.59 Å². The molecule has 0 N–H and O–H groups in total. The quantitative estimate of drug-likeness (QED) is 0.683. The lowest BCUT2D eigenvalue weighted by atomic mass is 9.88. The summed E-state index contributed by atoms with van der Waals surface area (Å²) in [5, 5.41) is 0. The molecule has 3 fully saturated rings. The molecule has 3 aliphatic rings. The predicted octanol–water partition coefficient (Wildman–Crippen LogP) is 4.05. The molecule has 0 radical (unpaired) electrons. The smallest absolute Gasteiger partial charge is 0.223 e. The summed E-state index contributed by atoms with van der Waals surface area (Å²) in [6.07, 6.45) is 6.63. The van der Waals surface area contributed by atoms with E-state index in [9.17, 15) is 9.59 Å². The molecule has 0 bridgehead atoms. The Hall–Kier alpha value is -1.59. The number of halogens is 1. The SMILES string of the molecule is Cc1ccccc1[C@@H]1[C@@H]2CN(C(=O)CCC(=O)N(C)C3CCCCC3)C[C@@H]2CN1C.Cl. The van der Waals surface area contributed by atoms with E-state index in [1.54, 1.807) is 0 Å². The Labute approximate surface area is 193 Å². The summed E-state index contributed by atoms with van der Waals surface area (Å²) in [6, 6.07) is 9.39. The van der Waals surface area contributed by atoms with E-state index >= 15 is 0 Å². The summed E-state index contributed by atoms with van der Waals surface area (Å²) in [7, 11) is 4.13. The van der Waals surface area contributed by atoms with Gasteiger partial charge in [-0.1, -0.05) is 43.5 Å². The van der Waals surface area contributed by atoms with Gasteiger partial charge < -0.3 is 9.80 Å². The zero-order valence-corrected chi connectivity index (χ0v) is 20.1. The highest BCUT2D eigenvalue weighted by Crippen LogP contribution is 2.44. The Morgan fingerprint density at radius 2 is 1.74 bits per heavy atom. The van der Waals surface area contributed by atoms with Crippen LogP contribution in [0.1, 0.15) is 62.1 Å². The Morgan fingerprint density at radius 3 is 2.45 bits per heavy atom. The average molecular weight is 448 g/mol. The van der Waals surface area contributed by atoms with Crippen LogP contribution in [0.2, 0.25) is 0 Å². The number of aryl methyl sites for hydroxylation is 1. The zero-order valence-electron chi connectivity index (χ0n) is 19.3. The van der Waals surface area contributed by atoms with Crippen molar-refractivity contribution in [2.75, 3.05) is 33.7 Å². The molecule has 3 atom stereocenters. The lowest BCUT2D eigenvalue weighted by Gasteiger charge is -2.31. The van der Waals surface area contributed by atoms with Crippen molar-refractivity contribution in [1.29, 1.82) is 0 Å². The monoisotopic (exact) mass is 447 g/mol. The maximum atomic E-state index is 12.9. The second-order valence-corrected chi connectivity index (χ2v) is 9.76. The van der Waals surface area contributed by atoms with Gasteiger partial charge in [0, 0.05) is 57.5 Å². The van der Waals surface area contributed by atoms with E-state index < -0.39 is 0 Å².